The van der Waals surface area contributed by atoms with Crippen LogP contribution in [0, 0.1) is 11.3 Å². The number of amides is 2. The molecule has 0 N–H and O–H groups in total. The van der Waals surface area contributed by atoms with Crippen molar-refractivity contribution in [3.8, 4) is 0 Å². The average Bonchev–Trinajstić information content (AvgIpc) is 3.28. The van der Waals surface area contributed by atoms with E-state index >= 15 is 0 Å². The van der Waals surface area contributed by atoms with E-state index in [4.69, 9.17) is 0 Å². The van der Waals surface area contributed by atoms with E-state index in [9.17, 15) is 14.4 Å². The van der Waals surface area contributed by atoms with E-state index in [1.54, 1.807) is 12.1 Å². The van der Waals surface area contributed by atoms with Gasteiger partial charge in [-0.05, 0) is 56.6 Å². The molecule has 7 heteroatoms. The van der Waals surface area contributed by atoms with Gasteiger partial charge in [-0.3, -0.25) is 19.3 Å². The van der Waals surface area contributed by atoms with Crippen LogP contribution in [0.15, 0.2) is 12.1 Å². The Labute approximate surface area is 194 Å². The second-order valence-electron chi connectivity index (χ2n) is 10.3. The van der Waals surface area contributed by atoms with Crippen molar-refractivity contribution < 1.29 is 14.4 Å². The lowest BCUT2D eigenvalue weighted by Gasteiger charge is -2.41. The number of piperidine rings is 1. The molecule has 0 unspecified atom stereocenters. The highest BCUT2D eigenvalue weighted by molar-refractivity contribution is 7.15. The van der Waals surface area contributed by atoms with E-state index in [1.807, 2.05) is 4.90 Å². The number of likely N-dealkylation sites (tertiary alicyclic amines) is 1. The second-order valence-corrected chi connectivity index (χ2v) is 11.4. The Morgan fingerprint density at radius 1 is 0.875 bits per heavy atom. The van der Waals surface area contributed by atoms with Crippen molar-refractivity contribution in [1.82, 2.24) is 14.7 Å². The molecule has 4 fully saturated rings. The van der Waals surface area contributed by atoms with Crippen molar-refractivity contribution in [2.45, 2.75) is 64.3 Å². The normalized spacial score (nSPS) is 26.3. The number of nitrogens with zero attached hydrogens (tertiary/aromatic N) is 3. The third-order valence-corrected chi connectivity index (χ3v) is 9.59. The van der Waals surface area contributed by atoms with Gasteiger partial charge in [0.25, 0.3) is 5.91 Å². The van der Waals surface area contributed by atoms with E-state index in [1.165, 1.54) is 50.4 Å². The number of rotatable bonds is 4. The molecule has 174 valence electrons. The molecule has 2 saturated carbocycles. The van der Waals surface area contributed by atoms with Gasteiger partial charge in [0, 0.05) is 51.2 Å². The zero-order valence-electron chi connectivity index (χ0n) is 19.2. The van der Waals surface area contributed by atoms with Gasteiger partial charge in [-0.15, -0.1) is 11.3 Å². The number of thiophene rings is 1. The lowest BCUT2D eigenvalue weighted by molar-refractivity contribution is -0.136. The van der Waals surface area contributed by atoms with Gasteiger partial charge in [0.15, 0.2) is 5.78 Å². The van der Waals surface area contributed by atoms with Gasteiger partial charge in [0.1, 0.15) is 0 Å². The van der Waals surface area contributed by atoms with E-state index in [0.717, 1.165) is 51.5 Å². The highest BCUT2D eigenvalue weighted by Crippen LogP contribution is 2.60. The molecule has 6 nitrogen and oxygen atoms in total. The lowest BCUT2D eigenvalue weighted by atomic mass is 9.90. The molecule has 0 radical (unpaired) electrons. The summed E-state index contributed by atoms with van der Waals surface area (Å²) in [7, 11) is 0. The minimum atomic E-state index is 0.00514. The van der Waals surface area contributed by atoms with Crippen molar-refractivity contribution in [1.29, 1.82) is 0 Å². The Morgan fingerprint density at radius 3 is 2.16 bits per heavy atom. The van der Waals surface area contributed by atoms with Gasteiger partial charge in [-0.25, -0.2) is 0 Å². The molecule has 2 aliphatic carbocycles. The molecule has 3 heterocycles. The van der Waals surface area contributed by atoms with Crippen LogP contribution in [0.2, 0.25) is 0 Å². The summed E-state index contributed by atoms with van der Waals surface area (Å²) in [6.07, 6.45) is 9.59. The van der Waals surface area contributed by atoms with E-state index in [2.05, 4.69) is 9.80 Å². The summed E-state index contributed by atoms with van der Waals surface area (Å²) in [5.41, 5.74) is 0.119. The molecule has 2 aliphatic heterocycles. The highest BCUT2D eigenvalue weighted by atomic mass is 32.1. The summed E-state index contributed by atoms with van der Waals surface area (Å²) in [4.78, 5) is 45.5. The highest BCUT2D eigenvalue weighted by Gasteiger charge is 2.59. The maximum absolute atomic E-state index is 13.2. The molecule has 2 amide bonds. The summed E-state index contributed by atoms with van der Waals surface area (Å²) < 4.78 is 0. The Hall–Kier alpha value is -1.73. The fourth-order valence-corrected chi connectivity index (χ4v) is 7.05. The molecule has 32 heavy (non-hydrogen) atoms. The van der Waals surface area contributed by atoms with Crippen LogP contribution in [0.4, 0.5) is 0 Å². The maximum atomic E-state index is 13.2. The van der Waals surface area contributed by atoms with Crippen LogP contribution in [0.3, 0.4) is 0 Å². The first-order valence-electron chi connectivity index (χ1n) is 12.4. The summed E-state index contributed by atoms with van der Waals surface area (Å²) >= 11 is 1.29. The van der Waals surface area contributed by atoms with Crippen molar-refractivity contribution >= 4 is 28.9 Å². The minimum Gasteiger partial charge on any atom is -0.340 e. The summed E-state index contributed by atoms with van der Waals surface area (Å²) in [6.45, 7) is 6.78. The standard InChI is InChI=1S/C25H35N3O3S/c1-18(29)21-7-8-22(32-21)24(31)27-11-9-25(10-12-27)17-20(25)23(30)28-15-13-26(14-16-28)19-5-3-2-4-6-19/h7-8,19-20H,2-6,9-17H2,1H3/t20-/m0/s1. The number of hydrogen-bond donors (Lipinski definition) is 0. The first-order chi connectivity index (χ1) is 15.5. The van der Waals surface area contributed by atoms with Gasteiger partial charge in [0.05, 0.1) is 9.75 Å². The molecular weight excluding hydrogens is 422 g/mol. The minimum absolute atomic E-state index is 0.00514. The van der Waals surface area contributed by atoms with Gasteiger partial charge in [-0.1, -0.05) is 19.3 Å². The Morgan fingerprint density at radius 2 is 1.53 bits per heavy atom. The van der Waals surface area contributed by atoms with E-state index < -0.39 is 0 Å². The molecule has 1 spiro atoms. The number of hydrogen-bond acceptors (Lipinski definition) is 5. The zero-order chi connectivity index (χ0) is 22.3. The zero-order valence-corrected chi connectivity index (χ0v) is 20.0. The van der Waals surface area contributed by atoms with Crippen LogP contribution in [-0.4, -0.2) is 77.6 Å². The summed E-state index contributed by atoms with van der Waals surface area (Å²) in [6, 6.07) is 4.25. The first kappa shape index (κ1) is 22.1. The van der Waals surface area contributed by atoms with Crippen LogP contribution in [0.25, 0.3) is 0 Å². The Kier molecular flexibility index (Phi) is 6.14. The van der Waals surface area contributed by atoms with Crippen molar-refractivity contribution in [2.75, 3.05) is 39.3 Å². The third-order valence-electron chi connectivity index (χ3n) is 8.42. The van der Waals surface area contributed by atoms with E-state index in [0.29, 0.717) is 28.8 Å². The molecule has 5 rings (SSSR count). The van der Waals surface area contributed by atoms with E-state index in [-0.39, 0.29) is 23.0 Å². The molecule has 4 aliphatic rings. The van der Waals surface area contributed by atoms with Gasteiger partial charge < -0.3 is 9.80 Å². The molecule has 1 aromatic rings. The second kappa shape index (κ2) is 8.90. The number of carbonyl (C=O) groups is 3. The fraction of sp³-hybridized carbons (Fsp3) is 0.720. The molecular formula is C25H35N3O3S. The molecule has 1 aromatic heterocycles. The number of ketones is 1. The van der Waals surface area contributed by atoms with Crippen LogP contribution in [0.1, 0.15) is 77.6 Å². The third kappa shape index (κ3) is 4.26. The van der Waals surface area contributed by atoms with Gasteiger partial charge in [0.2, 0.25) is 5.91 Å². The SMILES string of the molecule is CC(=O)c1ccc(C(=O)N2CCC3(CC2)C[C@H]3C(=O)N2CCN(C3CCCCC3)CC2)s1. The average molecular weight is 458 g/mol. The fourth-order valence-electron chi connectivity index (χ4n) is 6.18. The van der Waals surface area contributed by atoms with Crippen molar-refractivity contribution in [2.24, 2.45) is 11.3 Å². The Bertz CT molecular complexity index is 875. The predicted molar refractivity (Wildman–Crippen MR) is 125 cm³/mol. The van der Waals surface area contributed by atoms with Crippen molar-refractivity contribution in [3.63, 3.8) is 0 Å². The summed E-state index contributed by atoms with van der Waals surface area (Å²) in [5.74, 6) is 0.551. The summed E-state index contributed by atoms with van der Waals surface area (Å²) in [5, 5.41) is 0. The van der Waals surface area contributed by atoms with Gasteiger partial charge in [-0.2, -0.15) is 0 Å². The Balaban J connectivity index is 1.10. The van der Waals surface area contributed by atoms with Crippen LogP contribution >= 0.6 is 11.3 Å². The van der Waals surface area contributed by atoms with Gasteiger partial charge >= 0.3 is 0 Å². The van der Waals surface area contributed by atoms with Crippen LogP contribution < -0.4 is 0 Å². The van der Waals surface area contributed by atoms with Crippen molar-refractivity contribution in [3.05, 3.63) is 21.9 Å². The largest absolute Gasteiger partial charge is 0.340 e. The molecule has 2 saturated heterocycles. The topological polar surface area (TPSA) is 60.9 Å². The first-order valence-corrected chi connectivity index (χ1v) is 13.2. The number of Topliss-reactive ketones (excluding diaryl/α,β-unsaturated/α-hetero) is 1. The lowest BCUT2D eigenvalue weighted by Crippen LogP contribution is -2.53. The molecule has 0 aromatic carbocycles. The van der Waals surface area contributed by atoms with Crippen LogP contribution in [-0.2, 0) is 4.79 Å². The monoisotopic (exact) mass is 457 g/mol. The number of piperazine rings is 1. The molecule has 1 atom stereocenters. The smallest absolute Gasteiger partial charge is 0.263 e. The molecule has 0 bridgehead atoms. The quantitative estimate of drug-likeness (QED) is 0.648. The predicted octanol–water partition coefficient (Wildman–Crippen LogP) is 3.67. The number of carbonyl (C=O) groups excluding carboxylic acids is 3. The maximum Gasteiger partial charge on any atom is 0.263 e. The van der Waals surface area contributed by atoms with Crippen LogP contribution in [0.5, 0.6) is 0 Å².